The van der Waals surface area contributed by atoms with Crippen LogP contribution in [-0.4, -0.2) is 15.0 Å². The molecule has 0 atom stereocenters. The van der Waals surface area contributed by atoms with E-state index in [2.05, 4.69) is 4.72 Å². The second-order valence-corrected chi connectivity index (χ2v) is 6.76. The van der Waals surface area contributed by atoms with Crippen LogP contribution in [0.5, 0.6) is 0 Å². The summed E-state index contributed by atoms with van der Waals surface area (Å²) in [5.74, 6) is 0. The van der Waals surface area contributed by atoms with Gasteiger partial charge >= 0.3 is 0 Å². The lowest BCUT2D eigenvalue weighted by Crippen LogP contribution is -2.26. The first kappa shape index (κ1) is 15.8. The van der Waals surface area contributed by atoms with Crippen LogP contribution in [0.2, 0.25) is 5.02 Å². The summed E-state index contributed by atoms with van der Waals surface area (Å²) < 4.78 is 27.0. The van der Waals surface area contributed by atoms with Gasteiger partial charge < -0.3 is 5.73 Å². The summed E-state index contributed by atoms with van der Waals surface area (Å²) in [5.41, 5.74) is 7.03. The molecular weight excluding hydrogens is 308 g/mol. The van der Waals surface area contributed by atoms with Gasteiger partial charge in [0, 0.05) is 6.54 Å². The van der Waals surface area contributed by atoms with Gasteiger partial charge in [-0.2, -0.15) is 0 Å². The van der Waals surface area contributed by atoms with Crippen molar-refractivity contribution in [3.8, 4) is 0 Å². The van der Waals surface area contributed by atoms with E-state index in [0.717, 1.165) is 6.42 Å². The highest BCUT2D eigenvalue weighted by atomic mass is 35.5. The van der Waals surface area contributed by atoms with Crippen LogP contribution in [-0.2, 0) is 16.4 Å². The second-order valence-electron chi connectivity index (χ2n) is 4.65. The molecule has 2 aromatic carbocycles. The van der Waals surface area contributed by atoms with Crippen molar-refractivity contribution in [2.75, 3.05) is 12.3 Å². The number of nitrogens with two attached hydrogens (primary N) is 1. The smallest absolute Gasteiger partial charge is 0.244 e. The molecule has 0 fully saturated rings. The van der Waals surface area contributed by atoms with Crippen molar-refractivity contribution in [3.05, 3.63) is 59.1 Å². The maximum atomic E-state index is 12.2. The lowest BCUT2D eigenvalue weighted by atomic mass is 10.1. The van der Waals surface area contributed by atoms with Crippen molar-refractivity contribution in [2.24, 2.45) is 0 Å². The van der Waals surface area contributed by atoms with Gasteiger partial charge in [-0.25, -0.2) is 13.1 Å². The van der Waals surface area contributed by atoms with E-state index >= 15 is 0 Å². The molecule has 0 aliphatic heterocycles. The fourth-order valence-electron chi connectivity index (χ4n) is 2.02. The van der Waals surface area contributed by atoms with E-state index in [0.29, 0.717) is 13.0 Å². The highest BCUT2D eigenvalue weighted by Crippen LogP contribution is 2.26. The van der Waals surface area contributed by atoms with Crippen LogP contribution in [0, 0.1) is 0 Å². The van der Waals surface area contributed by atoms with E-state index in [-0.39, 0.29) is 15.6 Å². The second kappa shape index (κ2) is 6.93. The molecule has 0 radical (unpaired) electrons. The Morgan fingerprint density at radius 2 is 1.76 bits per heavy atom. The standard InChI is InChI=1S/C15H17ClN2O2S/c16-13-9-4-10-14(17)15(13)21(19,20)18-11-5-8-12-6-2-1-3-7-12/h1-4,6-7,9-10,18H,5,8,11,17H2. The Morgan fingerprint density at radius 1 is 1.05 bits per heavy atom. The van der Waals surface area contributed by atoms with Crippen LogP contribution in [0.25, 0.3) is 0 Å². The van der Waals surface area contributed by atoms with E-state index in [1.165, 1.54) is 17.7 Å². The van der Waals surface area contributed by atoms with E-state index in [9.17, 15) is 8.42 Å². The molecule has 2 rings (SSSR count). The normalized spacial score (nSPS) is 11.5. The first-order valence-corrected chi connectivity index (χ1v) is 8.44. The molecule has 21 heavy (non-hydrogen) atoms. The number of nitrogens with one attached hydrogen (secondary N) is 1. The Morgan fingerprint density at radius 3 is 2.43 bits per heavy atom. The number of rotatable bonds is 6. The molecule has 0 aromatic heterocycles. The summed E-state index contributed by atoms with van der Waals surface area (Å²) in [7, 11) is -3.68. The molecule has 0 unspecified atom stereocenters. The third-order valence-corrected chi connectivity index (χ3v) is 5.05. The zero-order chi connectivity index (χ0) is 15.3. The van der Waals surface area contributed by atoms with Crippen LogP contribution >= 0.6 is 11.6 Å². The Labute approximate surface area is 130 Å². The first-order valence-electron chi connectivity index (χ1n) is 6.58. The fraction of sp³-hybridized carbons (Fsp3) is 0.200. The molecule has 0 spiro atoms. The third kappa shape index (κ3) is 4.20. The van der Waals surface area contributed by atoms with E-state index in [4.69, 9.17) is 17.3 Å². The monoisotopic (exact) mass is 324 g/mol. The number of benzene rings is 2. The van der Waals surface area contributed by atoms with Gasteiger partial charge in [-0.3, -0.25) is 0 Å². The average Bonchev–Trinajstić information content (AvgIpc) is 2.44. The minimum atomic E-state index is -3.68. The van der Waals surface area contributed by atoms with Crippen LogP contribution in [0.15, 0.2) is 53.4 Å². The minimum absolute atomic E-state index is 0.0497. The number of anilines is 1. The number of hydrogen-bond donors (Lipinski definition) is 2. The molecule has 0 saturated carbocycles. The lowest BCUT2D eigenvalue weighted by Gasteiger charge is -2.10. The van der Waals surface area contributed by atoms with Gasteiger partial charge in [-0.15, -0.1) is 0 Å². The molecule has 4 nitrogen and oxygen atoms in total. The summed E-state index contributed by atoms with van der Waals surface area (Å²) in [6.45, 7) is 0.335. The highest BCUT2D eigenvalue weighted by Gasteiger charge is 2.20. The van der Waals surface area contributed by atoms with Crippen LogP contribution < -0.4 is 10.5 Å². The number of halogens is 1. The van der Waals surface area contributed by atoms with Crippen molar-refractivity contribution < 1.29 is 8.42 Å². The first-order chi connectivity index (χ1) is 10.0. The predicted octanol–water partition coefficient (Wildman–Crippen LogP) is 2.83. The van der Waals surface area contributed by atoms with Gasteiger partial charge in [0.25, 0.3) is 0 Å². The van der Waals surface area contributed by atoms with Gasteiger partial charge in [0.05, 0.1) is 10.7 Å². The Hall–Kier alpha value is -1.56. The van der Waals surface area contributed by atoms with Crippen molar-refractivity contribution in [3.63, 3.8) is 0 Å². The van der Waals surface area contributed by atoms with E-state index < -0.39 is 10.0 Å². The summed E-state index contributed by atoms with van der Waals surface area (Å²) in [4.78, 5) is -0.0497. The molecule has 3 N–H and O–H groups in total. The zero-order valence-electron chi connectivity index (χ0n) is 11.4. The summed E-state index contributed by atoms with van der Waals surface area (Å²) in [6, 6.07) is 14.5. The molecule has 0 aliphatic rings. The van der Waals surface area contributed by atoms with Crippen molar-refractivity contribution in [1.29, 1.82) is 0 Å². The topological polar surface area (TPSA) is 72.2 Å². The Kier molecular flexibility index (Phi) is 5.22. The average molecular weight is 325 g/mol. The van der Waals surface area contributed by atoms with Gasteiger partial charge in [0.15, 0.2) is 0 Å². The lowest BCUT2D eigenvalue weighted by molar-refractivity contribution is 0.579. The largest absolute Gasteiger partial charge is 0.398 e. The van der Waals surface area contributed by atoms with Crippen molar-refractivity contribution in [2.45, 2.75) is 17.7 Å². The summed E-state index contributed by atoms with van der Waals surface area (Å²) in [6.07, 6.45) is 1.51. The number of nitrogen functional groups attached to an aromatic ring is 1. The van der Waals surface area contributed by atoms with Crippen molar-refractivity contribution in [1.82, 2.24) is 4.72 Å². The summed E-state index contributed by atoms with van der Waals surface area (Å²) >= 11 is 5.92. The predicted molar refractivity (Wildman–Crippen MR) is 85.8 cm³/mol. The molecule has 0 aliphatic carbocycles. The zero-order valence-corrected chi connectivity index (χ0v) is 13.0. The highest BCUT2D eigenvalue weighted by molar-refractivity contribution is 7.89. The van der Waals surface area contributed by atoms with Gasteiger partial charge in [-0.1, -0.05) is 48.0 Å². The molecule has 0 heterocycles. The SMILES string of the molecule is Nc1cccc(Cl)c1S(=O)(=O)NCCCc1ccccc1. The molecule has 6 heteroatoms. The van der Waals surface area contributed by atoms with Crippen LogP contribution in [0.1, 0.15) is 12.0 Å². The molecule has 112 valence electrons. The van der Waals surface area contributed by atoms with E-state index in [1.807, 2.05) is 30.3 Å². The molecule has 0 bridgehead atoms. The Balaban J connectivity index is 1.96. The number of hydrogen-bond acceptors (Lipinski definition) is 3. The molecule has 0 amide bonds. The summed E-state index contributed by atoms with van der Waals surface area (Å²) in [5, 5.41) is 0.130. The molecular formula is C15H17ClN2O2S. The minimum Gasteiger partial charge on any atom is -0.398 e. The van der Waals surface area contributed by atoms with Gasteiger partial charge in [0.1, 0.15) is 4.90 Å². The number of aryl methyl sites for hydroxylation is 1. The third-order valence-electron chi connectivity index (χ3n) is 3.04. The van der Waals surface area contributed by atoms with E-state index in [1.54, 1.807) is 6.07 Å². The maximum Gasteiger partial charge on any atom is 0.244 e. The van der Waals surface area contributed by atoms with Crippen LogP contribution in [0.4, 0.5) is 5.69 Å². The maximum absolute atomic E-state index is 12.2. The Bertz CT molecular complexity index is 683. The van der Waals surface area contributed by atoms with Gasteiger partial charge in [0.2, 0.25) is 10.0 Å². The van der Waals surface area contributed by atoms with Crippen LogP contribution in [0.3, 0.4) is 0 Å². The fourth-order valence-corrected chi connectivity index (χ4v) is 3.77. The quantitative estimate of drug-likeness (QED) is 0.634. The molecule has 2 aromatic rings. The van der Waals surface area contributed by atoms with Gasteiger partial charge in [-0.05, 0) is 30.5 Å². The molecule has 0 saturated heterocycles. The van der Waals surface area contributed by atoms with Crippen molar-refractivity contribution >= 4 is 27.3 Å². The number of sulfonamides is 1.